The van der Waals surface area contributed by atoms with E-state index in [1.165, 1.54) is 0 Å². The van der Waals surface area contributed by atoms with E-state index in [4.69, 9.17) is 8.92 Å². The van der Waals surface area contributed by atoms with Crippen molar-refractivity contribution < 1.29 is 22.1 Å². The Hall–Kier alpha value is -1.60. The first kappa shape index (κ1) is 16.8. The molecule has 0 fully saturated rings. The van der Waals surface area contributed by atoms with Gasteiger partial charge < -0.3 is 10.1 Å². The van der Waals surface area contributed by atoms with Crippen LogP contribution in [0.4, 0.5) is 4.79 Å². The number of amides is 1. The number of fused-ring (bicyclic) bond motifs is 1. The van der Waals surface area contributed by atoms with Crippen LogP contribution in [0.5, 0.6) is 0 Å². The number of hydrogen-bond acceptors (Lipinski definition) is 5. The molecule has 1 aromatic carbocycles. The molecule has 1 aliphatic carbocycles. The van der Waals surface area contributed by atoms with Crippen LogP contribution in [-0.2, 0) is 25.5 Å². The van der Waals surface area contributed by atoms with Gasteiger partial charge in [-0.3, -0.25) is 4.18 Å². The highest BCUT2D eigenvalue weighted by molar-refractivity contribution is 7.86. The highest BCUT2D eigenvalue weighted by Gasteiger charge is 2.37. The van der Waals surface area contributed by atoms with Crippen molar-refractivity contribution in [3.63, 3.8) is 0 Å². The molecule has 0 aliphatic heterocycles. The Bertz CT molecular complexity index is 663. The Morgan fingerprint density at radius 3 is 2.50 bits per heavy atom. The van der Waals surface area contributed by atoms with Crippen molar-refractivity contribution in [1.82, 2.24) is 5.32 Å². The molecule has 0 aromatic heterocycles. The second-order valence-corrected chi connectivity index (χ2v) is 7.97. The summed E-state index contributed by atoms with van der Waals surface area (Å²) in [6, 6.07) is 6.89. The predicted molar refractivity (Wildman–Crippen MR) is 82.0 cm³/mol. The first-order valence-corrected chi connectivity index (χ1v) is 8.82. The molecule has 22 heavy (non-hydrogen) atoms. The second kappa shape index (κ2) is 5.89. The smallest absolute Gasteiger partial charge is 0.408 e. The fraction of sp³-hybridized carbons (Fsp3) is 0.533. The monoisotopic (exact) mass is 327 g/mol. The zero-order chi connectivity index (χ0) is 16.5. The molecular formula is C15H21NO5S. The minimum absolute atomic E-state index is 0.420. The van der Waals surface area contributed by atoms with Gasteiger partial charge in [0.05, 0.1) is 12.3 Å². The van der Waals surface area contributed by atoms with Crippen LogP contribution in [0.15, 0.2) is 24.3 Å². The van der Waals surface area contributed by atoms with Crippen molar-refractivity contribution in [2.45, 2.75) is 44.9 Å². The van der Waals surface area contributed by atoms with E-state index in [1.807, 2.05) is 24.3 Å². The van der Waals surface area contributed by atoms with Gasteiger partial charge in [-0.15, -0.1) is 0 Å². The Morgan fingerprint density at radius 2 is 1.91 bits per heavy atom. The van der Waals surface area contributed by atoms with Crippen LogP contribution in [0.25, 0.3) is 0 Å². The lowest BCUT2D eigenvalue weighted by Gasteiger charge is -2.24. The van der Waals surface area contributed by atoms with Crippen LogP contribution in [0.3, 0.4) is 0 Å². The van der Waals surface area contributed by atoms with E-state index in [0.29, 0.717) is 6.42 Å². The Morgan fingerprint density at radius 1 is 1.27 bits per heavy atom. The summed E-state index contributed by atoms with van der Waals surface area (Å²) in [6.45, 7) is 5.29. The van der Waals surface area contributed by atoms with E-state index in [2.05, 4.69) is 5.32 Å². The van der Waals surface area contributed by atoms with Crippen LogP contribution in [-0.4, -0.2) is 32.5 Å². The van der Waals surface area contributed by atoms with Gasteiger partial charge >= 0.3 is 6.09 Å². The Balaban J connectivity index is 2.21. The number of carbonyl (C=O) groups excluding carboxylic acids is 1. The molecule has 0 saturated carbocycles. The predicted octanol–water partition coefficient (Wildman–Crippen LogP) is 2.15. The molecule has 1 unspecified atom stereocenters. The fourth-order valence-corrected chi connectivity index (χ4v) is 3.11. The summed E-state index contributed by atoms with van der Waals surface area (Å²) in [5.41, 5.74) is 1.18. The molecule has 0 spiro atoms. The summed E-state index contributed by atoms with van der Waals surface area (Å²) in [7, 11) is -3.62. The number of benzene rings is 1. The third-order valence-electron chi connectivity index (χ3n) is 3.15. The summed E-state index contributed by atoms with van der Waals surface area (Å²) in [4.78, 5) is 12.0. The topological polar surface area (TPSA) is 81.7 Å². The van der Waals surface area contributed by atoms with Crippen LogP contribution < -0.4 is 5.32 Å². The van der Waals surface area contributed by atoms with Crippen molar-refractivity contribution in [2.75, 3.05) is 6.26 Å². The largest absolute Gasteiger partial charge is 0.444 e. The molecule has 1 amide bonds. The van der Waals surface area contributed by atoms with Crippen molar-refractivity contribution in [3.8, 4) is 0 Å². The molecule has 0 radical (unpaired) electrons. The minimum Gasteiger partial charge on any atom is -0.444 e. The highest BCUT2D eigenvalue weighted by Crippen LogP contribution is 2.34. The van der Waals surface area contributed by atoms with E-state index in [0.717, 1.165) is 17.4 Å². The lowest BCUT2D eigenvalue weighted by atomic mass is 10.1. The number of hydrogen-bond donors (Lipinski definition) is 1. The number of ether oxygens (including phenoxy) is 1. The van der Waals surface area contributed by atoms with Gasteiger partial charge in [-0.05, 0) is 31.9 Å². The van der Waals surface area contributed by atoms with Crippen molar-refractivity contribution in [1.29, 1.82) is 0 Å². The highest BCUT2D eigenvalue weighted by atomic mass is 32.2. The third kappa shape index (κ3) is 4.45. The Kier molecular flexibility index (Phi) is 4.49. The van der Waals surface area contributed by atoms with Crippen LogP contribution >= 0.6 is 0 Å². The normalized spacial score (nSPS) is 21.3. The zero-order valence-corrected chi connectivity index (χ0v) is 13.9. The van der Waals surface area contributed by atoms with Gasteiger partial charge in [0.1, 0.15) is 11.7 Å². The fourth-order valence-electron chi connectivity index (χ4n) is 2.48. The maximum Gasteiger partial charge on any atom is 0.408 e. The van der Waals surface area contributed by atoms with Gasteiger partial charge in [0.2, 0.25) is 0 Å². The number of carbonyl (C=O) groups is 1. The molecular weight excluding hydrogens is 306 g/mol. The lowest BCUT2D eigenvalue weighted by Crippen LogP contribution is -2.39. The van der Waals surface area contributed by atoms with Gasteiger partial charge in [-0.1, -0.05) is 24.3 Å². The molecule has 7 heteroatoms. The van der Waals surface area contributed by atoms with Gasteiger partial charge in [0.25, 0.3) is 10.1 Å². The number of alkyl carbamates (subject to hydrolysis) is 1. The summed E-state index contributed by atoms with van der Waals surface area (Å²) >= 11 is 0. The van der Waals surface area contributed by atoms with Crippen molar-refractivity contribution in [3.05, 3.63) is 35.4 Å². The van der Waals surface area contributed by atoms with Crippen LogP contribution in [0.2, 0.25) is 0 Å². The second-order valence-electron chi connectivity index (χ2n) is 6.37. The van der Waals surface area contributed by atoms with Crippen LogP contribution in [0, 0.1) is 0 Å². The van der Waals surface area contributed by atoms with E-state index in [9.17, 15) is 13.2 Å². The van der Waals surface area contributed by atoms with Crippen molar-refractivity contribution >= 4 is 16.2 Å². The molecule has 2 rings (SSSR count). The minimum atomic E-state index is -3.62. The average Bonchev–Trinajstić information content (AvgIpc) is 2.63. The van der Waals surface area contributed by atoms with Gasteiger partial charge in [0.15, 0.2) is 0 Å². The third-order valence-corrected chi connectivity index (χ3v) is 3.75. The first-order chi connectivity index (χ1) is 10.1. The molecule has 0 bridgehead atoms. The van der Waals surface area contributed by atoms with Crippen molar-refractivity contribution in [2.24, 2.45) is 0 Å². The summed E-state index contributed by atoms with van der Waals surface area (Å²) in [5.74, 6) is 0. The van der Waals surface area contributed by atoms with Crippen LogP contribution in [0.1, 0.15) is 37.9 Å². The molecule has 6 nitrogen and oxygen atoms in total. The molecule has 1 aliphatic rings. The maximum atomic E-state index is 12.0. The van der Waals surface area contributed by atoms with E-state index < -0.39 is 34.0 Å². The molecule has 0 heterocycles. The summed E-state index contributed by atoms with van der Waals surface area (Å²) in [6.07, 6.45) is 0.153. The summed E-state index contributed by atoms with van der Waals surface area (Å²) < 4.78 is 33.2. The van der Waals surface area contributed by atoms with E-state index in [-0.39, 0.29) is 0 Å². The molecule has 1 aromatic rings. The first-order valence-electron chi connectivity index (χ1n) is 7.01. The van der Waals surface area contributed by atoms with E-state index in [1.54, 1.807) is 20.8 Å². The maximum absolute atomic E-state index is 12.0. The van der Waals surface area contributed by atoms with Gasteiger partial charge in [0, 0.05) is 6.42 Å². The SMILES string of the molecule is CC(C)(C)OC(=O)N[C@H]1c2ccccc2CC1OS(C)(=O)=O. The molecule has 1 N–H and O–H groups in total. The van der Waals surface area contributed by atoms with Gasteiger partial charge in [-0.25, -0.2) is 4.79 Å². The Labute approximate surface area is 130 Å². The molecule has 0 saturated heterocycles. The average molecular weight is 327 g/mol. The lowest BCUT2D eigenvalue weighted by molar-refractivity contribution is 0.0458. The number of nitrogens with one attached hydrogen (secondary N) is 1. The van der Waals surface area contributed by atoms with E-state index >= 15 is 0 Å². The van der Waals surface area contributed by atoms with Gasteiger partial charge in [-0.2, -0.15) is 8.42 Å². The zero-order valence-electron chi connectivity index (χ0n) is 13.1. The molecule has 2 atom stereocenters. The summed E-state index contributed by atoms with van der Waals surface area (Å²) in [5, 5.41) is 2.71. The molecule has 122 valence electrons. The quantitative estimate of drug-likeness (QED) is 0.860. The number of rotatable bonds is 3. The standard InChI is InChI=1S/C15H21NO5S/c1-15(2,3)20-14(17)16-13-11-8-6-5-7-10(11)9-12(13)21-22(4,18)19/h5-8,12-13H,9H2,1-4H3,(H,16,17)/t12?,13-/m0/s1.